The predicted octanol–water partition coefficient (Wildman–Crippen LogP) is 3.61. The van der Waals surface area contributed by atoms with Crippen LogP contribution in [0.15, 0.2) is 24.3 Å². The van der Waals surface area contributed by atoms with Gasteiger partial charge in [-0.15, -0.1) is 18.8 Å². The average Bonchev–Trinajstić information content (AvgIpc) is 2.46. The highest BCUT2D eigenvalue weighted by atomic mass is 13.9. The van der Waals surface area contributed by atoms with Crippen LogP contribution in [-0.2, 0) is 0 Å². The Morgan fingerprint density at radius 1 is 0.895 bits per heavy atom. The number of hydrogen-bond donors (Lipinski definition) is 0. The molecule has 0 heterocycles. The summed E-state index contributed by atoms with van der Waals surface area (Å²) in [7, 11) is 0. The molecule has 0 atom stereocenters. The highest BCUT2D eigenvalue weighted by molar-refractivity contribution is 5.45. The van der Waals surface area contributed by atoms with Gasteiger partial charge >= 0.3 is 0 Å². The molecule has 0 heteroatoms. The fourth-order valence-electron chi connectivity index (χ4n) is 1.51. The first-order valence-electron chi connectivity index (χ1n) is 6.36. The Hall–Kier alpha value is -2.54. The molecule has 0 spiro atoms. The van der Waals surface area contributed by atoms with Gasteiger partial charge in [-0.3, -0.25) is 0 Å². The Kier molecular flexibility index (Phi) is 7.25. The van der Waals surface area contributed by atoms with Gasteiger partial charge in [0, 0.05) is 24.0 Å². The lowest BCUT2D eigenvalue weighted by molar-refractivity contribution is 0.709. The van der Waals surface area contributed by atoms with Gasteiger partial charge in [-0.2, -0.15) is 0 Å². The molecule has 0 aliphatic rings. The maximum absolute atomic E-state index is 5.32. The van der Waals surface area contributed by atoms with Crippen LogP contribution in [0.25, 0.3) is 0 Å². The third kappa shape index (κ3) is 6.69. The van der Waals surface area contributed by atoms with Crippen molar-refractivity contribution < 1.29 is 0 Å². The van der Waals surface area contributed by atoms with E-state index in [9.17, 15) is 0 Å². The minimum atomic E-state index is 0.841. The molecule has 0 radical (unpaired) electrons. The zero-order valence-corrected chi connectivity index (χ0v) is 11.0. The Labute approximate surface area is 116 Å². The van der Waals surface area contributed by atoms with Crippen LogP contribution in [-0.4, -0.2) is 0 Å². The second-order valence-corrected chi connectivity index (χ2v) is 4.04. The lowest BCUT2D eigenvalue weighted by atomic mass is 10.1. The summed E-state index contributed by atoms with van der Waals surface area (Å²) in [6, 6.07) is 7.59. The molecule has 0 aromatic heterocycles. The summed E-state index contributed by atoms with van der Waals surface area (Å²) in [4.78, 5) is 0. The van der Waals surface area contributed by atoms with Crippen molar-refractivity contribution in [2.45, 2.75) is 32.1 Å². The molecule has 0 fully saturated rings. The first kappa shape index (κ1) is 14.5. The molecule has 0 aliphatic carbocycles. The second kappa shape index (κ2) is 9.49. The van der Waals surface area contributed by atoms with Crippen molar-refractivity contribution in [2.24, 2.45) is 0 Å². The number of terminal acetylenes is 2. The molecular formula is C19H16. The zero-order valence-electron chi connectivity index (χ0n) is 11.0. The van der Waals surface area contributed by atoms with Crippen LogP contribution in [0.5, 0.6) is 0 Å². The molecule has 92 valence electrons. The van der Waals surface area contributed by atoms with Crippen molar-refractivity contribution in [2.75, 3.05) is 0 Å². The minimum Gasteiger partial charge on any atom is -0.120 e. The van der Waals surface area contributed by atoms with E-state index in [1.165, 1.54) is 0 Å². The van der Waals surface area contributed by atoms with Crippen molar-refractivity contribution in [1.82, 2.24) is 0 Å². The van der Waals surface area contributed by atoms with E-state index in [1.54, 1.807) is 0 Å². The van der Waals surface area contributed by atoms with Crippen molar-refractivity contribution in [3.63, 3.8) is 0 Å². The Bertz CT molecular complexity index is 598. The summed E-state index contributed by atoms with van der Waals surface area (Å²) in [5.41, 5.74) is 1.74. The van der Waals surface area contributed by atoms with Crippen LogP contribution in [0.2, 0.25) is 0 Å². The first-order valence-corrected chi connectivity index (χ1v) is 6.36. The number of hydrogen-bond acceptors (Lipinski definition) is 0. The van der Waals surface area contributed by atoms with E-state index in [0.717, 1.165) is 43.2 Å². The van der Waals surface area contributed by atoms with Crippen molar-refractivity contribution in [3.05, 3.63) is 35.4 Å². The van der Waals surface area contributed by atoms with E-state index in [1.807, 2.05) is 24.3 Å². The average molecular weight is 244 g/mol. The Morgan fingerprint density at radius 3 is 2.47 bits per heavy atom. The summed E-state index contributed by atoms with van der Waals surface area (Å²) >= 11 is 0. The summed E-state index contributed by atoms with van der Waals surface area (Å²) in [6.45, 7) is 0. The maximum atomic E-state index is 5.32. The molecular weight excluding hydrogens is 228 g/mol. The Balaban J connectivity index is 2.35. The fourth-order valence-corrected chi connectivity index (χ4v) is 1.51. The molecule has 0 aliphatic heterocycles. The molecule has 19 heavy (non-hydrogen) atoms. The van der Waals surface area contributed by atoms with Crippen LogP contribution >= 0.6 is 0 Å². The molecule has 0 saturated heterocycles. The summed E-state index contributed by atoms with van der Waals surface area (Å²) < 4.78 is 0. The maximum Gasteiger partial charge on any atom is 0.0267 e. The van der Waals surface area contributed by atoms with Gasteiger partial charge in [0.1, 0.15) is 0 Å². The molecule has 1 aromatic carbocycles. The summed E-state index contributed by atoms with van der Waals surface area (Å²) in [5.74, 6) is 17.0. The molecule has 0 amide bonds. The smallest absolute Gasteiger partial charge is 0.0267 e. The molecule has 1 aromatic rings. The largest absolute Gasteiger partial charge is 0.120 e. The van der Waals surface area contributed by atoms with Crippen LogP contribution in [0.1, 0.15) is 43.2 Å². The van der Waals surface area contributed by atoms with Crippen molar-refractivity contribution in [1.29, 1.82) is 0 Å². The lowest BCUT2D eigenvalue weighted by Crippen LogP contribution is -1.77. The molecule has 0 saturated carbocycles. The third-order valence-electron chi connectivity index (χ3n) is 2.51. The van der Waals surface area contributed by atoms with E-state index in [2.05, 4.69) is 35.5 Å². The normalized spacial score (nSPS) is 8.11. The Morgan fingerprint density at radius 2 is 1.68 bits per heavy atom. The van der Waals surface area contributed by atoms with Crippen molar-refractivity contribution >= 4 is 0 Å². The highest BCUT2D eigenvalue weighted by Gasteiger charge is 1.88. The number of benzene rings is 1. The van der Waals surface area contributed by atoms with E-state index >= 15 is 0 Å². The summed E-state index contributed by atoms with van der Waals surface area (Å²) in [6.07, 6.45) is 15.5. The molecule has 0 nitrogen and oxygen atoms in total. The van der Waals surface area contributed by atoms with Crippen LogP contribution in [0.3, 0.4) is 0 Å². The van der Waals surface area contributed by atoms with E-state index < -0.39 is 0 Å². The molecule has 1 rings (SSSR count). The zero-order chi connectivity index (χ0) is 13.8. The van der Waals surface area contributed by atoms with Gasteiger partial charge in [-0.05, 0) is 42.9 Å². The quantitative estimate of drug-likeness (QED) is 0.560. The standard InChI is InChI=1S/C19H16/c1-3-5-6-7-8-9-10-11-12-14-19-16-13-15-18(4-2)17-19/h1-2,13,15-17H,5-9H2. The van der Waals surface area contributed by atoms with Gasteiger partial charge in [0.15, 0.2) is 0 Å². The number of unbranched alkanes of at least 4 members (excludes halogenated alkanes) is 4. The van der Waals surface area contributed by atoms with E-state index in [-0.39, 0.29) is 0 Å². The van der Waals surface area contributed by atoms with Crippen LogP contribution < -0.4 is 0 Å². The topological polar surface area (TPSA) is 0 Å². The highest BCUT2D eigenvalue weighted by Crippen LogP contribution is 2.02. The van der Waals surface area contributed by atoms with Gasteiger partial charge in [0.2, 0.25) is 0 Å². The van der Waals surface area contributed by atoms with Crippen LogP contribution in [0, 0.1) is 48.4 Å². The van der Waals surface area contributed by atoms with E-state index in [0.29, 0.717) is 0 Å². The summed E-state index contributed by atoms with van der Waals surface area (Å²) in [5, 5.41) is 0. The van der Waals surface area contributed by atoms with Gasteiger partial charge in [0.05, 0.1) is 0 Å². The van der Waals surface area contributed by atoms with Crippen molar-refractivity contribution in [3.8, 4) is 48.4 Å². The van der Waals surface area contributed by atoms with Gasteiger partial charge < -0.3 is 0 Å². The van der Waals surface area contributed by atoms with Crippen LogP contribution in [0.4, 0.5) is 0 Å². The predicted molar refractivity (Wildman–Crippen MR) is 80.9 cm³/mol. The monoisotopic (exact) mass is 244 g/mol. The van der Waals surface area contributed by atoms with Gasteiger partial charge in [0.25, 0.3) is 0 Å². The SMILES string of the molecule is C#CCCCCCC#CC#Cc1cccc(C#C)c1. The minimum absolute atomic E-state index is 0.841. The molecule has 0 bridgehead atoms. The fraction of sp³-hybridized carbons (Fsp3) is 0.263. The molecule has 0 N–H and O–H groups in total. The molecule has 0 unspecified atom stereocenters. The van der Waals surface area contributed by atoms with Gasteiger partial charge in [-0.25, -0.2) is 0 Å². The third-order valence-corrected chi connectivity index (χ3v) is 2.51. The van der Waals surface area contributed by atoms with E-state index in [4.69, 9.17) is 12.8 Å². The second-order valence-electron chi connectivity index (χ2n) is 4.04. The number of rotatable bonds is 4. The van der Waals surface area contributed by atoms with Gasteiger partial charge in [-0.1, -0.05) is 30.2 Å². The lowest BCUT2D eigenvalue weighted by Gasteiger charge is -1.91. The first-order chi connectivity index (χ1) is 9.36.